The monoisotopic (exact) mass is 343 g/mol. The summed E-state index contributed by atoms with van der Waals surface area (Å²) in [5.74, 6) is -0.662. The molecule has 0 spiro atoms. The van der Waals surface area contributed by atoms with Crippen molar-refractivity contribution in [2.24, 2.45) is 0 Å². The summed E-state index contributed by atoms with van der Waals surface area (Å²) >= 11 is 1.95. The number of hydrogen-bond acceptors (Lipinski definition) is 3. The maximum atomic E-state index is 12.9. The number of carbonyl (C=O) groups is 1. The van der Waals surface area contributed by atoms with Gasteiger partial charge in [0.1, 0.15) is 12.1 Å². The summed E-state index contributed by atoms with van der Waals surface area (Å²) in [4.78, 5) is 19.3. The minimum atomic E-state index is -0.338. The van der Waals surface area contributed by atoms with Gasteiger partial charge < -0.3 is 5.32 Å². The molecule has 0 radical (unpaired) electrons. The fourth-order valence-electron chi connectivity index (χ4n) is 1.20. The fourth-order valence-corrected chi connectivity index (χ4v) is 1.81. The van der Waals surface area contributed by atoms with Crippen LogP contribution in [0, 0.1) is 9.39 Å². The van der Waals surface area contributed by atoms with Crippen molar-refractivity contribution in [2.45, 2.75) is 0 Å². The molecule has 1 aromatic heterocycles. The van der Waals surface area contributed by atoms with Gasteiger partial charge in [-0.25, -0.2) is 14.4 Å². The number of benzene rings is 1. The van der Waals surface area contributed by atoms with Crippen LogP contribution in [0.3, 0.4) is 0 Å². The van der Waals surface area contributed by atoms with Gasteiger partial charge in [0.2, 0.25) is 0 Å². The molecule has 0 saturated heterocycles. The summed E-state index contributed by atoms with van der Waals surface area (Å²) in [6.07, 6.45) is 4.18. The lowest BCUT2D eigenvalue weighted by molar-refractivity contribution is 0.102. The Morgan fingerprint density at radius 3 is 2.65 bits per heavy atom. The van der Waals surface area contributed by atoms with Gasteiger partial charge in [0, 0.05) is 16.0 Å². The van der Waals surface area contributed by atoms with E-state index in [2.05, 4.69) is 15.3 Å². The maximum absolute atomic E-state index is 12.9. The maximum Gasteiger partial charge on any atom is 0.258 e. The van der Waals surface area contributed by atoms with Crippen molar-refractivity contribution < 1.29 is 9.18 Å². The molecule has 1 heterocycles. The summed E-state index contributed by atoms with van der Waals surface area (Å²) in [5, 5.41) is 2.66. The van der Waals surface area contributed by atoms with Crippen molar-refractivity contribution in [3.63, 3.8) is 0 Å². The summed E-state index contributed by atoms with van der Waals surface area (Å²) in [7, 11) is 0. The number of aromatic nitrogens is 2. The average molecular weight is 343 g/mol. The molecule has 1 aromatic carbocycles. The van der Waals surface area contributed by atoms with E-state index in [1.807, 2.05) is 22.6 Å². The molecule has 2 rings (SSSR count). The molecule has 1 N–H and O–H groups in total. The Kier molecular flexibility index (Phi) is 3.62. The smallest absolute Gasteiger partial charge is 0.258 e. The average Bonchev–Trinajstić information content (AvgIpc) is 2.34. The van der Waals surface area contributed by atoms with Gasteiger partial charge in [0.05, 0.1) is 11.3 Å². The van der Waals surface area contributed by atoms with E-state index >= 15 is 0 Å². The summed E-state index contributed by atoms with van der Waals surface area (Å²) < 4.78 is 13.5. The Bertz CT molecular complexity index is 548. The van der Waals surface area contributed by atoms with E-state index in [0.29, 0.717) is 14.8 Å². The number of hydrogen-bond donors (Lipinski definition) is 1. The molecule has 0 bridgehead atoms. The molecule has 4 nitrogen and oxygen atoms in total. The molecule has 0 atom stereocenters. The second-order valence-electron chi connectivity index (χ2n) is 3.21. The van der Waals surface area contributed by atoms with E-state index < -0.39 is 0 Å². The van der Waals surface area contributed by atoms with Crippen LogP contribution in [0.5, 0.6) is 0 Å². The minimum Gasteiger partial charge on any atom is -0.321 e. The normalized spacial score (nSPS) is 10.0. The lowest BCUT2D eigenvalue weighted by atomic mass is 10.2. The molecular formula is C11H7FIN3O. The number of rotatable bonds is 2. The van der Waals surface area contributed by atoms with Gasteiger partial charge in [0.25, 0.3) is 5.91 Å². The predicted octanol–water partition coefficient (Wildman–Crippen LogP) is 2.47. The molecule has 2 aromatic rings. The molecule has 0 saturated carbocycles. The van der Waals surface area contributed by atoms with E-state index in [1.54, 1.807) is 0 Å². The molecule has 0 fully saturated rings. The Balaban J connectivity index is 2.19. The van der Waals surface area contributed by atoms with E-state index in [1.165, 1.54) is 36.9 Å². The standard InChI is InChI=1S/C11H7FIN3O/c12-8-1-2-10(9(13)3-8)16-11(17)7-4-14-6-15-5-7/h1-6H,(H,16,17). The topological polar surface area (TPSA) is 54.9 Å². The molecule has 0 unspecified atom stereocenters. The van der Waals surface area contributed by atoms with Crippen molar-refractivity contribution in [1.82, 2.24) is 9.97 Å². The van der Waals surface area contributed by atoms with Crippen LogP contribution in [0.2, 0.25) is 0 Å². The third-order valence-electron chi connectivity index (χ3n) is 2.00. The zero-order chi connectivity index (χ0) is 12.3. The predicted molar refractivity (Wildman–Crippen MR) is 69.1 cm³/mol. The number of amides is 1. The highest BCUT2D eigenvalue weighted by Crippen LogP contribution is 2.19. The first kappa shape index (κ1) is 11.9. The Hall–Kier alpha value is -1.57. The van der Waals surface area contributed by atoms with Gasteiger partial charge >= 0.3 is 0 Å². The van der Waals surface area contributed by atoms with Gasteiger partial charge in [-0.3, -0.25) is 4.79 Å². The number of halogens is 2. The van der Waals surface area contributed by atoms with Crippen molar-refractivity contribution in [3.05, 3.63) is 51.9 Å². The second-order valence-corrected chi connectivity index (χ2v) is 4.37. The van der Waals surface area contributed by atoms with Crippen molar-refractivity contribution >= 4 is 34.2 Å². The first-order chi connectivity index (χ1) is 8.16. The van der Waals surface area contributed by atoms with Crippen LogP contribution in [0.1, 0.15) is 10.4 Å². The van der Waals surface area contributed by atoms with E-state index in [0.717, 1.165) is 0 Å². The van der Waals surface area contributed by atoms with Gasteiger partial charge in [-0.1, -0.05) is 0 Å². The van der Waals surface area contributed by atoms with Crippen LogP contribution in [-0.4, -0.2) is 15.9 Å². The molecule has 0 aliphatic rings. The number of anilines is 1. The quantitative estimate of drug-likeness (QED) is 0.853. The molecule has 0 aliphatic carbocycles. The van der Waals surface area contributed by atoms with Crippen LogP contribution in [0.15, 0.2) is 36.9 Å². The van der Waals surface area contributed by atoms with Crippen LogP contribution in [0.4, 0.5) is 10.1 Å². The Morgan fingerprint density at radius 2 is 2.00 bits per heavy atom. The van der Waals surface area contributed by atoms with Crippen molar-refractivity contribution in [2.75, 3.05) is 5.32 Å². The Morgan fingerprint density at radius 1 is 1.29 bits per heavy atom. The second kappa shape index (κ2) is 5.17. The van der Waals surface area contributed by atoms with Crippen molar-refractivity contribution in [3.8, 4) is 0 Å². The minimum absolute atomic E-state index is 0.324. The number of carbonyl (C=O) groups excluding carboxylic acids is 1. The van der Waals surface area contributed by atoms with Crippen LogP contribution in [-0.2, 0) is 0 Å². The third kappa shape index (κ3) is 2.96. The highest BCUT2D eigenvalue weighted by molar-refractivity contribution is 14.1. The molecule has 0 aliphatic heterocycles. The Labute approximate surface area is 110 Å². The zero-order valence-electron chi connectivity index (χ0n) is 8.52. The molecule has 17 heavy (non-hydrogen) atoms. The summed E-state index contributed by atoms with van der Waals surface area (Å²) in [6.45, 7) is 0. The number of nitrogens with one attached hydrogen (secondary N) is 1. The fraction of sp³-hybridized carbons (Fsp3) is 0. The molecule has 6 heteroatoms. The van der Waals surface area contributed by atoms with Crippen LogP contribution < -0.4 is 5.32 Å². The molecule has 1 amide bonds. The SMILES string of the molecule is O=C(Nc1ccc(F)cc1I)c1cncnc1. The first-order valence-electron chi connectivity index (χ1n) is 4.68. The van der Waals surface area contributed by atoms with Gasteiger partial charge in [-0.2, -0.15) is 0 Å². The van der Waals surface area contributed by atoms with Gasteiger partial charge in [-0.15, -0.1) is 0 Å². The largest absolute Gasteiger partial charge is 0.321 e. The van der Waals surface area contributed by atoms with E-state index in [-0.39, 0.29) is 11.7 Å². The van der Waals surface area contributed by atoms with Crippen LogP contribution >= 0.6 is 22.6 Å². The van der Waals surface area contributed by atoms with Crippen LogP contribution in [0.25, 0.3) is 0 Å². The highest BCUT2D eigenvalue weighted by atomic mass is 127. The van der Waals surface area contributed by atoms with Gasteiger partial charge in [-0.05, 0) is 40.8 Å². The van der Waals surface area contributed by atoms with E-state index in [4.69, 9.17) is 0 Å². The summed E-state index contributed by atoms with van der Waals surface area (Å²) in [5.41, 5.74) is 0.911. The summed E-state index contributed by atoms with van der Waals surface area (Å²) in [6, 6.07) is 4.15. The van der Waals surface area contributed by atoms with E-state index in [9.17, 15) is 9.18 Å². The lowest BCUT2D eigenvalue weighted by Gasteiger charge is -2.06. The molecular weight excluding hydrogens is 336 g/mol. The number of nitrogens with zero attached hydrogens (tertiary/aromatic N) is 2. The third-order valence-corrected chi connectivity index (χ3v) is 2.89. The van der Waals surface area contributed by atoms with Gasteiger partial charge in [0.15, 0.2) is 0 Å². The zero-order valence-corrected chi connectivity index (χ0v) is 10.7. The first-order valence-corrected chi connectivity index (χ1v) is 5.76. The molecule has 86 valence electrons. The lowest BCUT2D eigenvalue weighted by Crippen LogP contribution is -2.13. The van der Waals surface area contributed by atoms with Crippen molar-refractivity contribution in [1.29, 1.82) is 0 Å². The highest BCUT2D eigenvalue weighted by Gasteiger charge is 2.08.